The number of amides is 1. The first-order valence-electron chi connectivity index (χ1n) is 8.20. The Kier molecular flexibility index (Phi) is 7.65. The second-order valence-electron chi connectivity index (χ2n) is 6.75. The number of ether oxygens (including phenoxy) is 4. The van der Waals surface area contributed by atoms with E-state index in [0.29, 0.717) is 6.61 Å². The van der Waals surface area contributed by atoms with Crippen molar-refractivity contribution in [1.29, 1.82) is 0 Å². The number of nitrogens with zero attached hydrogens (tertiary/aromatic N) is 1. The summed E-state index contributed by atoms with van der Waals surface area (Å²) >= 11 is 0. The van der Waals surface area contributed by atoms with Crippen molar-refractivity contribution in [2.24, 2.45) is 5.73 Å². The summed E-state index contributed by atoms with van der Waals surface area (Å²) in [6.45, 7) is 7.08. The monoisotopic (exact) mass is 386 g/mol. The Morgan fingerprint density at radius 3 is 2.44 bits per heavy atom. The minimum Gasteiger partial charge on any atom is -0.478 e. The molecular formula is C17H26N2O8. The van der Waals surface area contributed by atoms with E-state index < -0.39 is 35.4 Å². The molecule has 1 saturated heterocycles. The van der Waals surface area contributed by atoms with E-state index in [9.17, 15) is 14.4 Å². The van der Waals surface area contributed by atoms with Crippen LogP contribution in [0.4, 0.5) is 4.79 Å². The van der Waals surface area contributed by atoms with Crippen molar-refractivity contribution in [2.45, 2.75) is 39.3 Å². The second kappa shape index (κ2) is 9.26. The molecule has 0 aromatic rings. The van der Waals surface area contributed by atoms with Crippen molar-refractivity contribution in [3.63, 3.8) is 0 Å². The average molecular weight is 386 g/mol. The van der Waals surface area contributed by atoms with Crippen LogP contribution in [0.1, 0.15) is 27.7 Å². The lowest BCUT2D eigenvalue weighted by atomic mass is 10.2. The van der Waals surface area contributed by atoms with Crippen LogP contribution < -0.4 is 5.73 Å². The van der Waals surface area contributed by atoms with Gasteiger partial charge < -0.3 is 29.8 Å². The Morgan fingerprint density at radius 1 is 1.30 bits per heavy atom. The van der Waals surface area contributed by atoms with Crippen LogP contribution in [0.5, 0.6) is 0 Å². The number of carbonyl (C=O) groups excluding carboxylic acids is 2. The SMILES string of the molecule is COC(=O)C(OC=C(N)C1COCCN1C(=O)OC(C)(C)C)=C(C)C(=O)O. The maximum absolute atomic E-state index is 12.4. The smallest absolute Gasteiger partial charge is 0.411 e. The molecule has 1 aliphatic rings. The Hall–Kier alpha value is -2.75. The number of carbonyl (C=O) groups is 3. The van der Waals surface area contributed by atoms with Crippen molar-refractivity contribution in [1.82, 2.24) is 4.90 Å². The fraction of sp³-hybridized carbons (Fsp3) is 0.588. The van der Waals surface area contributed by atoms with Gasteiger partial charge in [0, 0.05) is 6.54 Å². The van der Waals surface area contributed by atoms with Crippen LogP contribution >= 0.6 is 0 Å². The molecule has 1 rings (SSSR count). The van der Waals surface area contributed by atoms with Crippen LogP contribution in [0, 0.1) is 0 Å². The van der Waals surface area contributed by atoms with Gasteiger partial charge in [0.05, 0.1) is 31.6 Å². The zero-order valence-electron chi connectivity index (χ0n) is 16.1. The third-order valence-electron chi connectivity index (χ3n) is 3.49. The minimum absolute atomic E-state index is 0.0557. The molecule has 1 unspecified atom stereocenters. The number of carboxylic acids is 1. The van der Waals surface area contributed by atoms with Crippen LogP contribution in [-0.4, -0.2) is 66.5 Å². The van der Waals surface area contributed by atoms with Gasteiger partial charge in [-0.1, -0.05) is 0 Å². The lowest BCUT2D eigenvalue weighted by molar-refractivity contribution is -0.141. The molecule has 1 heterocycles. The van der Waals surface area contributed by atoms with Crippen molar-refractivity contribution < 1.29 is 38.4 Å². The highest BCUT2D eigenvalue weighted by Gasteiger charge is 2.33. The van der Waals surface area contributed by atoms with Gasteiger partial charge in [0.2, 0.25) is 5.76 Å². The van der Waals surface area contributed by atoms with E-state index in [2.05, 4.69) is 4.74 Å². The molecule has 0 aromatic heterocycles. The van der Waals surface area contributed by atoms with Gasteiger partial charge in [-0.05, 0) is 27.7 Å². The van der Waals surface area contributed by atoms with Gasteiger partial charge in [0.15, 0.2) is 0 Å². The average Bonchev–Trinajstić information content (AvgIpc) is 2.59. The normalized spacial score (nSPS) is 19.1. The number of hydrogen-bond donors (Lipinski definition) is 2. The van der Waals surface area contributed by atoms with E-state index in [4.69, 9.17) is 25.1 Å². The number of morpholine rings is 1. The number of rotatable bonds is 5. The summed E-state index contributed by atoms with van der Waals surface area (Å²) in [6, 6.07) is -0.697. The van der Waals surface area contributed by atoms with Gasteiger partial charge in [-0.2, -0.15) is 0 Å². The molecule has 0 radical (unpaired) electrons. The van der Waals surface area contributed by atoms with Crippen LogP contribution in [-0.2, 0) is 28.5 Å². The molecule has 1 aliphatic heterocycles. The highest BCUT2D eigenvalue weighted by atomic mass is 16.6. The van der Waals surface area contributed by atoms with E-state index in [1.165, 1.54) is 11.8 Å². The number of carboxylic acid groups (broad SMARTS) is 1. The molecular weight excluding hydrogens is 360 g/mol. The van der Waals surface area contributed by atoms with Crippen molar-refractivity contribution in [3.8, 4) is 0 Å². The molecule has 1 atom stereocenters. The van der Waals surface area contributed by atoms with E-state index >= 15 is 0 Å². The van der Waals surface area contributed by atoms with Crippen LogP contribution in [0.3, 0.4) is 0 Å². The molecule has 27 heavy (non-hydrogen) atoms. The first-order valence-corrected chi connectivity index (χ1v) is 8.20. The fourth-order valence-electron chi connectivity index (χ4n) is 2.10. The molecule has 10 heteroatoms. The predicted molar refractivity (Wildman–Crippen MR) is 93.3 cm³/mol. The zero-order chi connectivity index (χ0) is 20.8. The summed E-state index contributed by atoms with van der Waals surface area (Å²) in [6.07, 6.45) is 0.424. The number of methoxy groups -OCH3 is 1. The topological polar surface area (TPSA) is 138 Å². The van der Waals surface area contributed by atoms with Crippen LogP contribution in [0.15, 0.2) is 23.3 Å². The van der Waals surface area contributed by atoms with Gasteiger partial charge in [0.1, 0.15) is 17.9 Å². The van der Waals surface area contributed by atoms with Crippen LogP contribution in [0.25, 0.3) is 0 Å². The van der Waals surface area contributed by atoms with Gasteiger partial charge in [-0.25, -0.2) is 14.4 Å². The number of hydrogen-bond acceptors (Lipinski definition) is 8. The summed E-state index contributed by atoms with van der Waals surface area (Å²) in [5, 5.41) is 9.05. The summed E-state index contributed by atoms with van der Waals surface area (Å²) in [7, 11) is 1.09. The van der Waals surface area contributed by atoms with Gasteiger partial charge >= 0.3 is 18.0 Å². The van der Waals surface area contributed by atoms with E-state index in [1.54, 1.807) is 20.8 Å². The lowest BCUT2D eigenvalue weighted by Gasteiger charge is -2.36. The van der Waals surface area contributed by atoms with E-state index in [0.717, 1.165) is 13.4 Å². The van der Waals surface area contributed by atoms with E-state index in [-0.39, 0.29) is 24.4 Å². The molecule has 3 N–H and O–H groups in total. The lowest BCUT2D eigenvalue weighted by Crippen LogP contribution is -2.52. The summed E-state index contributed by atoms with van der Waals surface area (Å²) < 4.78 is 20.4. The second-order valence-corrected chi connectivity index (χ2v) is 6.75. The number of esters is 1. The third kappa shape index (κ3) is 6.48. The maximum Gasteiger partial charge on any atom is 0.411 e. The van der Waals surface area contributed by atoms with Gasteiger partial charge in [-0.3, -0.25) is 4.90 Å². The van der Waals surface area contributed by atoms with Gasteiger partial charge in [0.25, 0.3) is 0 Å². The van der Waals surface area contributed by atoms with Crippen molar-refractivity contribution in [3.05, 3.63) is 23.3 Å². The molecule has 1 fully saturated rings. The summed E-state index contributed by atoms with van der Waals surface area (Å²) in [4.78, 5) is 36.6. The van der Waals surface area contributed by atoms with Crippen molar-refractivity contribution >= 4 is 18.0 Å². The highest BCUT2D eigenvalue weighted by molar-refractivity contribution is 5.97. The Balaban J connectivity index is 3.03. The fourth-order valence-corrected chi connectivity index (χ4v) is 2.10. The minimum atomic E-state index is -1.35. The number of aliphatic carboxylic acids is 1. The molecule has 152 valence electrons. The predicted octanol–water partition coefficient (Wildman–Crippen LogP) is 0.971. The van der Waals surface area contributed by atoms with Crippen molar-refractivity contribution in [2.75, 3.05) is 26.9 Å². The Labute approximate surface area is 157 Å². The first-order chi connectivity index (χ1) is 12.5. The Bertz CT molecular complexity index is 648. The largest absolute Gasteiger partial charge is 0.478 e. The quantitative estimate of drug-likeness (QED) is 0.402. The molecule has 0 aromatic carbocycles. The summed E-state index contributed by atoms with van der Waals surface area (Å²) in [5.74, 6) is -2.84. The third-order valence-corrected chi connectivity index (χ3v) is 3.49. The van der Waals surface area contributed by atoms with Gasteiger partial charge in [-0.15, -0.1) is 0 Å². The number of nitrogens with two attached hydrogens (primary N) is 1. The Morgan fingerprint density at radius 2 is 1.93 bits per heavy atom. The van der Waals surface area contributed by atoms with E-state index in [1.807, 2.05) is 0 Å². The molecule has 1 amide bonds. The standard InChI is InChI=1S/C17H26N2O8/c1-10(14(20)21)13(15(22)24-5)26-8-11(18)12-9-25-7-6-19(12)16(23)27-17(2,3)4/h8,12H,6-7,9,18H2,1-5H3,(H,20,21). The summed E-state index contributed by atoms with van der Waals surface area (Å²) in [5.41, 5.74) is 5.01. The molecule has 10 nitrogen and oxygen atoms in total. The first kappa shape index (κ1) is 22.3. The molecule has 0 aliphatic carbocycles. The van der Waals surface area contributed by atoms with Crippen LogP contribution in [0.2, 0.25) is 0 Å². The molecule has 0 spiro atoms. The highest BCUT2D eigenvalue weighted by Crippen LogP contribution is 2.18. The molecule has 0 bridgehead atoms. The maximum atomic E-state index is 12.4. The molecule has 0 saturated carbocycles. The zero-order valence-corrected chi connectivity index (χ0v) is 16.1.